The van der Waals surface area contributed by atoms with E-state index in [0.717, 1.165) is 35.9 Å². The van der Waals surface area contributed by atoms with E-state index in [9.17, 15) is 4.79 Å². The third-order valence-corrected chi connectivity index (χ3v) is 4.09. The molecule has 2 aromatic carbocycles. The zero-order valence-corrected chi connectivity index (χ0v) is 13.6. The quantitative estimate of drug-likeness (QED) is 0.527. The van der Waals surface area contributed by atoms with E-state index in [1.165, 1.54) is 11.6 Å². The van der Waals surface area contributed by atoms with E-state index in [4.69, 9.17) is 4.74 Å². The van der Waals surface area contributed by atoms with Crippen LogP contribution in [0.1, 0.15) is 18.4 Å². The maximum Gasteiger partial charge on any atom is 0.248 e. The lowest BCUT2D eigenvalue weighted by atomic mass is 10.1. The van der Waals surface area contributed by atoms with Gasteiger partial charge in [0, 0.05) is 12.1 Å². The molecule has 1 aromatic heterocycles. The van der Waals surface area contributed by atoms with E-state index in [2.05, 4.69) is 41.9 Å². The molecular formula is C19H19NO2S. The molecule has 0 radical (unpaired) electrons. The molecule has 0 saturated heterocycles. The van der Waals surface area contributed by atoms with Crippen molar-refractivity contribution in [3.8, 4) is 5.75 Å². The van der Waals surface area contributed by atoms with Gasteiger partial charge in [-0.25, -0.2) is 0 Å². The molecule has 0 spiro atoms. The molecule has 3 aromatic rings. The first-order valence-corrected chi connectivity index (χ1v) is 8.24. The van der Waals surface area contributed by atoms with Crippen molar-refractivity contribution in [2.75, 3.05) is 0 Å². The molecular weight excluding hydrogens is 306 g/mol. The van der Waals surface area contributed by atoms with E-state index in [1.807, 2.05) is 24.3 Å². The van der Waals surface area contributed by atoms with Gasteiger partial charge in [0.05, 0.1) is 5.52 Å². The number of benzene rings is 2. The first-order chi connectivity index (χ1) is 11.2. The van der Waals surface area contributed by atoms with E-state index in [0.29, 0.717) is 0 Å². The molecule has 1 heterocycles. The van der Waals surface area contributed by atoms with Crippen molar-refractivity contribution in [2.24, 2.45) is 0 Å². The second-order valence-corrected chi connectivity index (χ2v) is 6.10. The van der Waals surface area contributed by atoms with Crippen LogP contribution in [0.4, 0.5) is 0 Å². The summed E-state index contributed by atoms with van der Waals surface area (Å²) in [5, 5.41) is 0.983. The van der Waals surface area contributed by atoms with Crippen LogP contribution in [0, 0.1) is 0 Å². The first-order valence-electron chi connectivity index (χ1n) is 7.72. The molecule has 3 nitrogen and oxygen atoms in total. The number of fused-ring (bicyclic) bond motifs is 1. The second-order valence-electron chi connectivity index (χ2n) is 5.52. The lowest BCUT2D eigenvalue weighted by Gasteiger charge is -2.14. The summed E-state index contributed by atoms with van der Waals surface area (Å²) in [6, 6.07) is 19.4. The molecule has 118 valence electrons. The fourth-order valence-electron chi connectivity index (χ4n) is 2.54. The number of aromatic amines is 1. The minimum absolute atomic E-state index is 0.111. The van der Waals surface area contributed by atoms with Crippen molar-refractivity contribution in [1.29, 1.82) is 0 Å². The summed E-state index contributed by atoms with van der Waals surface area (Å²) in [7, 11) is 0. The normalized spacial score (nSPS) is 12.2. The van der Waals surface area contributed by atoms with Gasteiger partial charge >= 0.3 is 0 Å². The minimum atomic E-state index is -0.161. The third kappa shape index (κ3) is 4.39. The molecule has 0 aliphatic rings. The topological polar surface area (TPSA) is 42.1 Å². The zero-order valence-electron chi connectivity index (χ0n) is 12.7. The van der Waals surface area contributed by atoms with Crippen LogP contribution >= 0.6 is 12.6 Å². The van der Waals surface area contributed by atoms with Gasteiger partial charge in [0.15, 0.2) is 0 Å². The van der Waals surface area contributed by atoms with Crippen molar-refractivity contribution in [3.05, 3.63) is 76.6 Å². The highest BCUT2D eigenvalue weighted by atomic mass is 32.1. The Morgan fingerprint density at radius 2 is 1.83 bits per heavy atom. The Hall–Kier alpha value is -2.20. The molecule has 3 rings (SSSR count). The number of nitrogens with one attached hydrogen (secondary N) is 1. The van der Waals surface area contributed by atoms with Gasteiger partial charge in [-0.3, -0.25) is 4.79 Å². The summed E-state index contributed by atoms with van der Waals surface area (Å²) in [6.45, 7) is 0. The van der Waals surface area contributed by atoms with Crippen molar-refractivity contribution in [1.82, 2.24) is 4.98 Å². The van der Waals surface area contributed by atoms with Gasteiger partial charge in [-0.05, 0) is 48.4 Å². The molecule has 1 N–H and O–H groups in total. The van der Waals surface area contributed by atoms with Gasteiger partial charge in [0.2, 0.25) is 5.56 Å². The Labute approximate surface area is 140 Å². The van der Waals surface area contributed by atoms with Crippen LogP contribution < -0.4 is 10.3 Å². The molecule has 0 aliphatic carbocycles. The highest BCUT2D eigenvalue weighted by Crippen LogP contribution is 2.21. The molecule has 1 atom stereocenters. The van der Waals surface area contributed by atoms with Crippen molar-refractivity contribution < 1.29 is 4.74 Å². The van der Waals surface area contributed by atoms with Crippen LogP contribution in [-0.4, -0.2) is 10.4 Å². The van der Waals surface area contributed by atoms with Crippen molar-refractivity contribution in [2.45, 2.75) is 24.7 Å². The van der Waals surface area contributed by atoms with Gasteiger partial charge in [-0.2, -0.15) is 0 Å². The summed E-state index contributed by atoms with van der Waals surface area (Å²) in [6.07, 6.45) is 2.90. The number of aryl methyl sites for hydroxylation is 1. The highest BCUT2D eigenvalue weighted by molar-refractivity contribution is 7.80. The Balaban J connectivity index is 1.57. The lowest BCUT2D eigenvalue weighted by molar-refractivity contribution is 0.276. The number of thiol groups is 1. The van der Waals surface area contributed by atoms with Gasteiger partial charge < -0.3 is 9.72 Å². The summed E-state index contributed by atoms with van der Waals surface area (Å²) in [4.78, 5) is 14.2. The van der Waals surface area contributed by atoms with Crippen LogP contribution in [0.15, 0.2) is 65.5 Å². The van der Waals surface area contributed by atoms with Crippen LogP contribution in [0.5, 0.6) is 5.75 Å². The molecule has 0 aliphatic heterocycles. The predicted octanol–water partition coefficient (Wildman–Crippen LogP) is 4.19. The number of H-pyrrole nitrogens is 1. The predicted molar refractivity (Wildman–Crippen MR) is 97.4 cm³/mol. The Morgan fingerprint density at radius 3 is 2.65 bits per heavy atom. The molecule has 0 saturated carbocycles. The molecule has 1 unspecified atom stereocenters. The average molecular weight is 325 g/mol. The molecule has 0 fully saturated rings. The SMILES string of the molecule is O=c1ccc2ccc(OC(S)CCCc3ccccc3)cc2[nH]1. The monoisotopic (exact) mass is 325 g/mol. The van der Waals surface area contributed by atoms with Crippen LogP contribution in [0.2, 0.25) is 0 Å². The fraction of sp³-hybridized carbons (Fsp3) is 0.211. The van der Waals surface area contributed by atoms with Crippen molar-refractivity contribution >= 4 is 23.5 Å². The molecule has 23 heavy (non-hydrogen) atoms. The smallest absolute Gasteiger partial charge is 0.248 e. The van der Waals surface area contributed by atoms with Gasteiger partial charge in [-0.15, -0.1) is 12.6 Å². The number of rotatable bonds is 6. The van der Waals surface area contributed by atoms with E-state index in [-0.39, 0.29) is 11.0 Å². The maximum atomic E-state index is 11.4. The van der Waals surface area contributed by atoms with Crippen LogP contribution in [0.25, 0.3) is 10.9 Å². The number of ether oxygens (including phenoxy) is 1. The maximum absolute atomic E-state index is 11.4. The number of aromatic nitrogens is 1. The average Bonchev–Trinajstić information content (AvgIpc) is 2.55. The lowest BCUT2D eigenvalue weighted by Crippen LogP contribution is -2.09. The van der Waals surface area contributed by atoms with E-state index in [1.54, 1.807) is 6.07 Å². The van der Waals surface area contributed by atoms with E-state index >= 15 is 0 Å². The zero-order chi connectivity index (χ0) is 16.1. The van der Waals surface area contributed by atoms with Gasteiger partial charge in [-0.1, -0.05) is 30.3 Å². The van der Waals surface area contributed by atoms with Crippen LogP contribution in [0.3, 0.4) is 0 Å². The molecule has 0 bridgehead atoms. The van der Waals surface area contributed by atoms with E-state index < -0.39 is 0 Å². The largest absolute Gasteiger partial charge is 0.480 e. The standard InChI is InChI=1S/C19H19NO2S/c21-18-12-10-15-9-11-16(13-17(15)20-18)22-19(23)8-4-7-14-5-2-1-3-6-14/h1-3,5-6,9-13,19,23H,4,7-8H2,(H,20,21). The second kappa shape index (κ2) is 7.38. The first kappa shape index (κ1) is 15.7. The minimum Gasteiger partial charge on any atom is -0.480 e. The summed E-state index contributed by atoms with van der Waals surface area (Å²) in [5.74, 6) is 0.721. The van der Waals surface area contributed by atoms with Gasteiger partial charge in [0.1, 0.15) is 11.2 Å². The number of hydrogen-bond acceptors (Lipinski definition) is 3. The van der Waals surface area contributed by atoms with Gasteiger partial charge in [0.25, 0.3) is 0 Å². The van der Waals surface area contributed by atoms with Crippen molar-refractivity contribution in [3.63, 3.8) is 0 Å². The summed E-state index contributed by atoms with van der Waals surface area (Å²) >= 11 is 4.51. The highest BCUT2D eigenvalue weighted by Gasteiger charge is 2.06. The Morgan fingerprint density at radius 1 is 1.04 bits per heavy atom. The molecule has 4 heteroatoms. The third-order valence-electron chi connectivity index (χ3n) is 3.73. The summed E-state index contributed by atoms with van der Waals surface area (Å²) in [5.41, 5.74) is 1.84. The van der Waals surface area contributed by atoms with Crippen LogP contribution in [-0.2, 0) is 6.42 Å². The fourth-order valence-corrected chi connectivity index (χ4v) is 2.85. The summed E-state index contributed by atoms with van der Waals surface area (Å²) < 4.78 is 5.84. The number of hydrogen-bond donors (Lipinski definition) is 2. The Bertz CT molecular complexity index is 829. The molecule has 0 amide bonds. The Kier molecular flexibility index (Phi) is 5.03. The number of pyridine rings is 1.